The van der Waals surface area contributed by atoms with Gasteiger partial charge in [0.2, 0.25) is 0 Å². The lowest BCUT2D eigenvalue weighted by molar-refractivity contribution is -0.276. The molecular weight excluding hydrogens is 251 g/mol. The summed E-state index contributed by atoms with van der Waals surface area (Å²) in [4.78, 5) is 13.7. The SMILES string of the molecule is COc1c(Cl)cc(C=O)nc1OC(F)(F)F. The fourth-order valence-electron chi connectivity index (χ4n) is 0.922. The molecule has 1 aromatic heterocycles. The number of hydrogen-bond acceptors (Lipinski definition) is 4. The van der Waals surface area contributed by atoms with Crippen molar-refractivity contribution >= 4 is 17.9 Å². The van der Waals surface area contributed by atoms with Gasteiger partial charge in [0.15, 0.2) is 12.0 Å². The van der Waals surface area contributed by atoms with Crippen molar-refractivity contribution in [2.45, 2.75) is 6.36 Å². The summed E-state index contributed by atoms with van der Waals surface area (Å²) >= 11 is 5.57. The van der Waals surface area contributed by atoms with Crippen LogP contribution in [-0.2, 0) is 0 Å². The Kier molecular flexibility index (Phi) is 3.58. The number of carbonyl (C=O) groups is 1. The van der Waals surface area contributed by atoms with E-state index in [1.807, 2.05) is 0 Å². The Morgan fingerprint density at radius 2 is 2.12 bits per heavy atom. The van der Waals surface area contributed by atoms with Gasteiger partial charge in [0.05, 0.1) is 12.1 Å². The van der Waals surface area contributed by atoms with E-state index in [0.29, 0.717) is 0 Å². The van der Waals surface area contributed by atoms with E-state index in [1.165, 1.54) is 0 Å². The highest BCUT2D eigenvalue weighted by Crippen LogP contribution is 2.36. The van der Waals surface area contributed by atoms with Crippen molar-refractivity contribution in [3.05, 3.63) is 16.8 Å². The number of hydrogen-bond donors (Lipinski definition) is 0. The average Bonchev–Trinajstić information content (AvgIpc) is 2.14. The van der Waals surface area contributed by atoms with E-state index in [1.54, 1.807) is 0 Å². The fraction of sp³-hybridized carbons (Fsp3) is 0.250. The Labute approximate surface area is 92.9 Å². The first-order valence-corrected chi connectivity index (χ1v) is 4.20. The summed E-state index contributed by atoms with van der Waals surface area (Å²) in [5.41, 5.74) is -0.287. The molecule has 0 atom stereocenters. The molecule has 0 saturated carbocycles. The van der Waals surface area contributed by atoms with Crippen molar-refractivity contribution in [3.63, 3.8) is 0 Å². The first kappa shape index (κ1) is 12.6. The largest absolute Gasteiger partial charge is 0.574 e. The van der Waals surface area contributed by atoms with Gasteiger partial charge < -0.3 is 9.47 Å². The van der Waals surface area contributed by atoms with Gasteiger partial charge in [-0.2, -0.15) is 0 Å². The Bertz CT molecular complexity index is 408. The number of ether oxygens (including phenoxy) is 2. The first-order valence-electron chi connectivity index (χ1n) is 3.83. The standard InChI is InChI=1S/C8H5ClF3NO3/c1-15-6-5(9)2-4(3-14)13-7(6)16-8(10,11)12/h2-3H,1H3. The number of aromatic nitrogens is 1. The van der Waals surface area contributed by atoms with Crippen LogP contribution in [0.4, 0.5) is 13.2 Å². The van der Waals surface area contributed by atoms with Gasteiger partial charge in [0, 0.05) is 0 Å². The molecule has 0 aliphatic heterocycles. The van der Waals surface area contributed by atoms with E-state index in [9.17, 15) is 18.0 Å². The van der Waals surface area contributed by atoms with Gasteiger partial charge in [0.1, 0.15) is 5.69 Å². The van der Waals surface area contributed by atoms with Crippen LogP contribution in [0, 0.1) is 0 Å². The maximum Gasteiger partial charge on any atom is 0.574 e. The number of carbonyl (C=O) groups excluding carboxylic acids is 1. The minimum Gasteiger partial charge on any atom is -0.490 e. The molecule has 0 aliphatic carbocycles. The smallest absolute Gasteiger partial charge is 0.490 e. The molecule has 0 fully saturated rings. The molecule has 0 amide bonds. The van der Waals surface area contributed by atoms with E-state index in [0.717, 1.165) is 13.2 Å². The second-order valence-electron chi connectivity index (χ2n) is 2.53. The Morgan fingerprint density at radius 3 is 2.56 bits per heavy atom. The van der Waals surface area contributed by atoms with E-state index < -0.39 is 12.2 Å². The number of rotatable bonds is 3. The zero-order valence-corrected chi connectivity index (χ0v) is 8.59. The molecule has 0 aromatic carbocycles. The third-order valence-electron chi connectivity index (χ3n) is 1.45. The predicted molar refractivity (Wildman–Crippen MR) is 47.9 cm³/mol. The van der Waals surface area contributed by atoms with Crippen LogP contribution in [0.3, 0.4) is 0 Å². The van der Waals surface area contributed by atoms with Gasteiger partial charge in [-0.3, -0.25) is 4.79 Å². The molecule has 0 bridgehead atoms. The van der Waals surface area contributed by atoms with Crippen LogP contribution in [0.25, 0.3) is 0 Å². The van der Waals surface area contributed by atoms with Crippen molar-refractivity contribution < 1.29 is 27.4 Å². The molecule has 88 valence electrons. The minimum absolute atomic E-state index is 0.196. The molecule has 0 unspecified atom stereocenters. The molecular formula is C8H5ClF3NO3. The van der Waals surface area contributed by atoms with Gasteiger partial charge in [-0.1, -0.05) is 11.6 Å². The lowest BCUT2D eigenvalue weighted by Gasteiger charge is -2.12. The summed E-state index contributed by atoms with van der Waals surface area (Å²) < 4.78 is 44.1. The van der Waals surface area contributed by atoms with Crippen molar-refractivity contribution in [2.24, 2.45) is 0 Å². The third kappa shape index (κ3) is 2.99. The summed E-state index contributed by atoms with van der Waals surface area (Å²) in [6.45, 7) is 0. The number of nitrogens with zero attached hydrogens (tertiary/aromatic N) is 1. The van der Waals surface area contributed by atoms with Crippen molar-refractivity contribution in [2.75, 3.05) is 7.11 Å². The van der Waals surface area contributed by atoms with E-state index >= 15 is 0 Å². The van der Waals surface area contributed by atoms with Crippen LogP contribution in [-0.4, -0.2) is 24.7 Å². The van der Waals surface area contributed by atoms with Crippen LogP contribution in [0.1, 0.15) is 10.5 Å². The Hall–Kier alpha value is -1.50. The summed E-state index contributed by atoms with van der Waals surface area (Å²) in [6.07, 6.45) is -4.69. The molecule has 0 saturated heterocycles. The normalized spacial score (nSPS) is 11.1. The van der Waals surface area contributed by atoms with Gasteiger partial charge in [-0.05, 0) is 6.07 Å². The number of halogens is 4. The quantitative estimate of drug-likeness (QED) is 0.779. The fourth-order valence-corrected chi connectivity index (χ4v) is 1.19. The highest BCUT2D eigenvalue weighted by atomic mass is 35.5. The van der Waals surface area contributed by atoms with Crippen LogP contribution < -0.4 is 9.47 Å². The van der Waals surface area contributed by atoms with E-state index in [2.05, 4.69) is 14.5 Å². The van der Waals surface area contributed by atoms with Crippen LogP contribution in [0.5, 0.6) is 11.6 Å². The van der Waals surface area contributed by atoms with E-state index in [4.69, 9.17) is 11.6 Å². The molecule has 16 heavy (non-hydrogen) atoms. The third-order valence-corrected chi connectivity index (χ3v) is 1.73. The lowest BCUT2D eigenvalue weighted by Crippen LogP contribution is -2.19. The summed E-state index contributed by atoms with van der Waals surface area (Å²) in [5, 5.41) is -0.196. The maximum atomic E-state index is 12.0. The summed E-state index contributed by atoms with van der Waals surface area (Å²) in [7, 11) is 1.10. The van der Waals surface area contributed by atoms with Crippen molar-refractivity contribution in [3.8, 4) is 11.6 Å². The number of pyridine rings is 1. The molecule has 0 radical (unpaired) electrons. The van der Waals surface area contributed by atoms with Gasteiger partial charge in [0.25, 0.3) is 5.88 Å². The monoisotopic (exact) mass is 255 g/mol. The molecule has 1 aromatic rings. The minimum atomic E-state index is -4.94. The van der Waals surface area contributed by atoms with Gasteiger partial charge in [-0.25, -0.2) is 4.98 Å². The second-order valence-corrected chi connectivity index (χ2v) is 2.94. The van der Waals surface area contributed by atoms with Gasteiger partial charge in [-0.15, -0.1) is 13.2 Å². The second kappa shape index (κ2) is 4.56. The molecule has 1 rings (SSSR count). The lowest BCUT2D eigenvalue weighted by atomic mass is 10.3. The average molecular weight is 256 g/mol. The maximum absolute atomic E-state index is 12.0. The van der Waals surface area contributed by atoms with E-state index in [-0.39, 0.29) is 22.8 Å². The summed E-state index contributed by atoms with van der Waals surface area (Å²) in [5.74, 6) is -1.28. The Balaban J connectivity index is 3.23. The molecule has 4 nitrogen and oxygen atoms in total. The molecule has 0 spiro atoms. The zero-order valence-electron chi connectivity index (χ0n) is 7.84. The molecule has 1 heterocycles. The highest BCUT2D eigenvalue weighted by molar-refractivity contribution is 6.32. The summed E-state index contributed by atoms with van der Waals surface area (Å²) in [6, 6.07) is 1.07. The van der Waals surface area contributed by atoms with Crippen molar-refractivity contribution in [1.82, 2.24) is 4.98 Å². The van der Waals surface area contributed by atoms with Gasteiger partial charge >= 0.3 is 6.36 Å². The van der Waals surface area contributed by atoms with Crippen LogP contribution in [0.2, 0.25) is 5.02 Å². The number of methoxy groups -OCH3 is 1. The Morgan fingerprint density at radius 1 is 1.50 bits per heavy atom. The topological polar surface area (TPSA) is 48.4 Å². The molecule has 8 heteroatoms. The predicted octanol–water partition coefficient (Wildman–Crippen LogP) is 2.45. The van der Waals surface area contributed by atoms with Crippen LogP contribution >= 0.6 is 11.6 Å². The highest BCUT2D eigenvalue weighted by Gasteiger charge is 2.34. The number of alkyl halides is 3. The molecule has 0 aliphatic rings. The van der Waals surface area contributed by atoms with Crippen LogP contribution in [0.15, 0.2) is 6.07 Å². The number of aldehydes is 1. The first-order chi connectivity index (χ1) is 7.37. The zero-order chi connectivity index (χ0) is 12.3. The van der Waals surface area contributed by atoms with Crippen molar-refractivity contribution in [1.29, 1.82) is 0 Å². The molecule has 0 N–H and O–H groups in total.